The zero-order valence-electron chi connectivity index (χ0n) is 18.3. The Kier molecular flexibility index (Phi) is 7.86. The summed E-state index contributed by atoms with van der Waals surface area (Å²) >= 11 is 6.17. The van der Waals surface area contributed by atoms with Crippen LogP contribution in [-0.2, 0) is 10.0 Å². The Morgan fingerprint density at radius 2 is 1.88 bits per heavy atom. The van der Waals surface area contributed by atoms with Gasteiger partial charge in [-0.25, -0.2) is 8.42 Å². The third kappa shape index (κ3) is 6.89. The molecule has 0 unspecified atom stereocenters. The monoisotopic (exact) mass is 488 g/mol. The maximum atomic E-state index is 13.0. The number of anilines is 1. The van der Waals surface area contributed by atoms with Crippen LogP contribution in [0, 0.1) is 0 Å². The molecule has 9 heteroatoms. The van der Waals surface area contributed by atoms with Crippen LogP contribution in [0.1, 0.15) is 5.56 Å². The van der Waals surface area contributed by atoms with E-state index in [1.807, 2.05) is 19.0 Å². The molecule has 7 nitrogen and oxygen atoms in total. The molecule has 0 aliphatic carbocycles. The van der Waals surface area contributed by atoms with Crippen molar-refractivity contribution in [2.24, 2.45) is 0 Å². The zero-order chi connectivity index (χ0) is 24.0. The van der Waals surface area contributed by atoms with Crippen LogP contribution >= 0.6 is 11.6 Å². The number of nitrogens with one attached hydrogen (secondary N) is 1. The van der Waals surface area contributed by atoms with Crippen molar-refractivity contribution in [1.29, 1.82) is 0 Å². The molecule has 0 aliphatic heterocycles. The van der Waals surface area contributed by atoms with Crippen LogP contribution in [0.5, 0.6) is 23.0 Å². The first kappa shape index (κ1) is 24.4. The normalized spacial score (nSPS) is 11.3. The molecule has 0 aromatic heterocycles. The highest BCUT2D eigenvalue weighted by molar-refractivity contribution is 7.92. The maximum Gasteiger partial charge on any atom is 0.262 e. The van der Waals surface area contributed by atoms with Crippen molar-refractivity contribution >= 4 is 33.4 Å². The van der Waals surface area contributed by atoms with Crippen molar-refractivity contribution < 1.29 is 23.0 Å². The summed E-state index contributed by atoms with van der Waals surface area (Å²) in [6.45, 7) is 4.76. The topological polar surface area (TPSA) is 88.1 Å². The molecular weight excluding hydrogens is 464 g/mol. The van der Waals surface area contributed by atoms with Gasteiger partial charge in [-0.15, -0.1) is 0 Å². The molecule has 2 N–H and O–H groups in total. The van der Waals surface area contributed by atoms with E-state index in [-0.39, 0.29) is 10.6 Å². The lowest BCUT2D eigenvalue weighted by Crippen LogP contribution is -2.19. The predicted octanol–water partition coefficient (Wildman–Crippen LogP) is 5.22. The molecule has 174 valence electrons. The number of phenols is 1. The average Bonchev–Trinajstić information content (AvgIpc) is 2.75. The molecule has 0 aliphatic rings. The Hall–Kier alpha value is -3.20. The summed E-state index contributed by atoms with van der Waals surface area (Å²) in [4.78, 5) is 1.97. The van der Waals surface area contributed by atoms with Gasteiger partial charge in [0.05, 0.1) is 15.6 Å². The summed E-state index contributed by atoms with van der Waals surface area (Å²) in [6.07, 6.45) is 1.57. The highest BCUT2D eigenvalue weighted by Gasteiger charge is 2.17. The first-order valence-electron chi connectivity index (χ1n) is 10.0. The predicted molar refractivity (Wildman–Crippen MR) is 131 cm³/mol. The number of likely N-dealkylation sites (N-methyl/N-ethyl adjacent to an activating group) is 1. The third-order valence-corrected chi connectivity index (χ3v) is 6.17. The van der Waals surface area contributed by atoms with Crippen LogP contribution in [0.15, 0.2) is 72.1 Å². The Morgan fingerprint density at radius 1 is 1.09 bits per heavy atom. The van der Waals surface area contributed by atoms with E-state index in [0.717, 1.165) is 0 Å². The molecule has 0 saturated carbocycles. The molecule has 0 radical (unpaired) electrons. The maximum absolute atomic E-state index is 13.0. The fourth-order valence-electron chi connectivity index (χ4n) is 2.85. The van der Waals surface area contributed by atoms with Crippen LogP contribution in [-0.4, -0.2) is 45.7 Å². The summed E-state index contributed by atoms with van der Waals surface area (Å²) in [5, 5.41) is 10.2. The van der Waals surface area contributed by atoms with Crippen LogP contribution in [0.3, 0.4) is 0 Å². The quantitative estimate of drug-likeness (QED) is 0.406. The molecule has 0 bridgehead atoms. The van der Waals surface area contributed by atoms with E-state index in [2.05, 4.69) is 11.3 Å². The van der Waals surface area contributed by atoms with Gasteiger partial charge in [-0.1, -0.05) is 30.3 Å². The molecule has 0 spiro atoms. The van der Waals surface area contributed by atoms with Gasteiger partial charge < -0.3 is 19.5 Å². The van der Waals surface area contributed by atoms with Gasteiger partial charge in [-0.05, 0) is 56.1 Å². The van der Waals surface area contributed by atoms with E-state index in [1.165, 1.54) is 24.3 Å². The summed E-state index contributed by atoms with van der Waals surface area (Å²) in [7, 11) is -0.0694. The van der Waals surface area contributed by atoms with E-state index >= 15 is 0 Å². The summed E-state index contributed by atoms with van der Waals surface area (Å²) in [6, 6.07) is 15.4. The fourth-order valence-corrected chi connectivity index (χ4v) is 4.11. The van der Waals surface area contributed by atoms with Crippen molar-refractivity contribution in [2.75, 3.05) is 32.0 Å². The SMILES string of the molecule is C=Cc1cc(O)cc(Oc2cccc(S(=O)(=O)Nc3ccc(Cl)c(OCCN(C)C)c3)c2)c1. The van der Waals surface area contributed by atoms with Gasteiger partial charge in [0.2, 0.25) is 0 Å². The molecule has 0 atom stereocenters. The second-order valence-corrected chi connectivity index (χ2v) is 9.53. The number of ether oxygens (including phenoxy) is 2. The second kappa shape index (κ2) is 10.6. The molecule has 0 fully saturated rings. The fraction of sp³-hybridized carbons (Fsp3) is 0.167. The molecule has 3 aromatic carbocycles. The molecule has 0 amide bonds. The second-order valence-electron chi connectivity index (χ2n) is 7.44. The van der Waals surface area contributed by atoms with Crippen molar-refractivity contribution in [2.45, 2.75) is 4.90 Å². The number of hydrogen-bond acceptors (Lipinski definition) is 6. The minimum absolute atomic E-state index is 0.00845. The van der Waals surface area contributed by atoms with Crippen LogP contribution in [0.4, 0.5) is 5.69 Å². The molecule has 3 aromatic rings. The molecule has 0 heterocycles. The van der Waals surface area contributed by atoms with Gasteiger partial charge >= 0.3 is 0 Å². The Morgan fingerprint density at radius 3 is 2.61 bits per heavy atom. The number of sulfonamides is 1. The standard InChI is InChI=1S/C24H25ClN2O5S/c1-4-17-12-19(28)15-21(13-17)32-20-6-5-7-22(16-20)33(29,30)26-18-8-9-23(25)24(14-18)31-11-10-27(2)3/h4-9,12-16,26,28H,1,10-11H2,2-3H3. The Balaban J connectivity index is 1.78. The smallest absolute Gasteiger partial charge is 0.262 e. The van der Waals surface area contributed by atoms with Gasteiger partial charge in [0.1, 0.15) is 29.6 Å². The first-order chi connectivity index (χ1) is 15.7. The average molecular weight is 489 g/mol. The summed E-state index contributed by atoms with van der Waals surface area (Å²) in [5.74, 6) is 1.05. The molecular formula is C24H25ClN2O5S. The van der Waals surface area contributed by atoms with Crippen molar-refractivity contribution in [1.82, 2.24) is 4.90 Å². The molecule has 3 rings (SSSR count). The summed E-state index contributed by atoms with van der Waals surface area (Å²) in [5.41, 5.74) is 0.982. The number of nitrogens with zero attached hydrogens (tertiary/aromatic N) is 1. The van der Waals surface area contributed by atoms with E-state index in [1.54, 1.807) is 42.5 Å². The number of benzene rings is 3. The van der Waals surface area contributed by atoms with Crippen molar-refractivity contribution in [3.8, 4) is 23.0 Å². The number of halogens is 1. The third-order valence-electron chi connectivity index (χ3n) is 4.48. The van der Waals surface area contributed by atoms with E-state index in [9.17, 15) is 13.5 Å². The lowest BCUT2D eigenvalue weighted by Gasteiger charge is -2.14. The van der Waals surface area contributed by atoms with Gasteiger partial charge in [0, 0.05) is 24.7 Å². The number of aromatic hydroxyl groups is 1. The zero-order valence-corrected chi connectivity index (χ0v) is 19.9. The van der Waals surface area contributed by atoms with E-state index in [4.69, 9.17) is 21.1 Å². The number of rotatable bonds is 10. The summed E-state index contributed by atoms with van der Waals surface area (Å²) < 4.78 is 39.9. The van der Waals surface area contributed by atoms with Crippen LogP contribution < -0.4 is 14.2 Å². The Labute approximate surface area is 198 Å². The van der Waals surface area contributed by atoms with Crippen LogP contribution in [0.2, 0.25) is 5.02 Å². The van der Waals surface area contributed by atoms with Crippen molar-refractivity contribution in [3.05, 3.63) is 77.8 Å². The van der Waals surface area contributed by atoms with Gasteiger partial charge in [0.25, 0.3) is 10.0 Å². The van der Waals surface area contributed by atoms with E-state index in [0.29, 0.717) is 46.7 Å². The highest BCUT2D eigenvalue weighted by atomic mass is 35.5. The highest BCUT2D eigenvalue weighted by Crippen LogP contribution is 2.31. The number of phenolic OH excluding ortho intramolecular Hbond substituents is 1. The lowest BCUT2D eigenvalue weighted by molar-refractivity contribution is 0.261. The Bertz CT molecular complexity index is 1250. The largest absolute Gasteiger partial charge is 0.508 e. The minimum atomic E-state index is -3.92. The lowest BCUT2D eigenvalue weighted by atomic mass is 10.2. The van der Waals surface area contributed by atoms with Gasteiger partial charge in [-0.3, -0.25) is 4.72 Å². The van der Waals surface area contributed by atoms with Gasteiger partial charge in [-0.2, -0.15) is 0 Å². The van der Waals surface area contributed by atoms with Crippen molar-refractivity contribution in [3.63, 3.8) is 0 Å². The number of hydrogen-bond donors (Lipinski definition) is 2. The van der Waals surface area contributed by atoms with Crippen LogP contribution in [0.25, 0.3) is 6.08 Å². The first-order valence-corrected chi connectivity index (χ1v) is 11.9. The van der Waals surface area contributed by atoms with E-state index < -0.39 is 10.0 Å². The molecule has 33 heavy (non-hydrogen) atoms. The molecule has 0 saturated heterocycles. The minimum Gasteiger partial charge on any atom is -0.508 e. The van der Waals surface area contributed by atoms with Gasteiger partial charge in [0.15, 0.2) is 0 Å².